The van der Waals surface area contributed by atoms with Crippen molar-refractivity contribution in [1.29, 1.82) is 0 Å². The third-order valence-corrected chi connectivity index (χ3v) is 3.88. The van der Waals surface area contributed by atoms with Crippen LogP contribution in [0.2, 0.25) is 5.02 Å². The molecule has 0 amide bonds. The molecule has 2 nitrogen and oxygen atoms in total. The van der Waals surface area contributed by atoms with Gasteiger partial charge in [0.2, 0.25) is 0 Å². The van der Waals surface area contributed by atoms with E-state index in [0.29, 0.717) is 23.9 Å². The summed E-state index contributed by atoms with van der Waals surface area (Å²) in [6.45, 7) is 4.92. The van der Waals surface area contributed by atoms with Gasteiger partial charge in [-0.15, -0.1) is 0 Å². The maximum Gasteiger partial charge on any atom is 0.156 e. The second-order valence-corrected chi connectivity index (χ2v) is 5.91. The number of nitrogens with one attached hydrogen (secondary N) is 1. The van der Waals surface area contributed by atoms with Gasteiger partial charge in [0, 0.05) is 11.6 Å². The Hall–Kier alpha value is -1.26. The summed E-state index contributed by atoms with van der Waals surface area (Å²) < 4.78 is 19.7. The fourth-order valence-corrected chi connectivity index (χ4v) is 2.93. The van der Waals surface area contributed by atoms with Gasteiger partial charge in [-0.05, 0) is 65.2 Å². The van der Waals surface area contributed by atoms with Crippen LogP contribution in [0.5, 0.6) is 5.75 Å². The maximum absolute atomic E-state index is 13.3. The fraction of sp³-hybridized carbons (Fsp3) is 0.250. The van der Waals surface area contributed by atoms with Crippen molar-refractivity contribution in [2.45, 2.75) is 20.4 Å². The lowest BCUT2D eigenvalue weighted by molar-refractivity contribution is 0.339. The van der Waals surface area contributed by atoms with E-state index in [-0.39, 0.29) is 5.82 Å². The SMILES string of the molecule is CCOc1c(Br)cc(Cl)cc1NCc1cc(F)ccc1C. The van der Waals surface area contributed by atoms with Crippen LogP contribution < -0.4 is 10.1 Å². The molecule has 0 radical (unpaired) electrons. The maximum atomic E-state index is 13.3. The second-order valence-electron chi connectivity index (χ2n) is 4.62. The molecule has 0 aromatic heterocycles. The Labute approximate surface area is 137 Å². The van der Waals surface area contributed by atoms with E-state index in [9.17, 15) is 4.39 Å². The molecule has 2 aromatic carbocycles. The van der Waals surface area contributed by atoms with Gasteiger partial charge in [0.15, 0.2) is 5.75 Å². The lowest BCUT2D eigenvalue weighted by Crippen LogP contribution is -2.05. The first-order valence-corrected chi connectivity index (χ1v) is 7.79. The molecule has 2 rings (SSSR count). The molecule has 0 aliphatic heterocycles. The van der Waals surface area contributed by atoms with Gasteiger partial charge in [-0.3, -0.25) is 0 Å². The number of rotatable bonds is 5. The van der Waals surface area contributed by atoms with Crippen molar-refractivity contribution in [1.82, 2.24) is 0 Å². The molecule has 0 aliphatic carbocycles. The monoisotopic (exact) mass is 371 g/mol. The molecular weight excluding hydrogens is 357 g/mol. The van der Waals surface area contributed by atoms with Crippen molar-refractivity contribution in [3.05, 3.63) is 56.8 Å². The Balaban J connectivity index is 2.25. The van der Waals surface area contributed by atoms with Gasteiger partial charge < -0.3 is 10.1 Å². The lowest BCUT2D eigenvalue weighted by atomic mass is 10.1. The first kappa shape index (κ1) is 16.1. The van der Waals surface area contributed by atoms with Crippen LogP contribution in [0.1, 0.15) is 18.1 Å². The molecule has 0 heterocycles. The molecule has 112 valence electrons. The summed E-state index contributed by atoms with van der Waals surface area (Å²) >= 11 is 9.52. The van der Waals surface area contributed by atoms with Gasteiger partial charge in [-0.25, -0.2) is 4.39 Å². The van der Waals surface area contributed by atoms with Gasteiger partial charge in [0.05, 0.1) is 16.8 Å². The van der Waals surface area contributed by atoms with E-state index in [0.717, 1.165) is 21.3 Å². The normalized spacial score (nSPS) is 10.5. The first-order valence-electron chi connectivity index (χ1n) is 6.62. The predicted molar refractivity (Wildman–Crippen MR) is 88.8 cm³/mol. The largest absolute Gasteiger partial charge is 0.491 e. The van der Waals surface area contributed by atoms with Crippen LogP contribution in [-0.2, 0) is 6.54 Å². The average molecular weight is 373 g/mol. The summed E-state index contributed by atoms with van der Waals surface area (Å²) in [5.41, 5.74) is 2.70. The molecule has 0 spiro atoms. The van der Waals surface area contributed by atoms with Gasteiger partial charge in [0.1, 0.15) is 5.82 Å². The van der Waals surface area contributed by atoms with Crippen molar-refractivity contribution in [2.24, 2.45) is 0 Å². The van der Waals surface area contributed by atoms with E-state index in [1.165, 1.54) is 12.1 Å². The van der Waals surface area contributed by atoms with E-state index in [4.69, 9.17) is 16.3 Å². The standard InChI is InChI=1S/C16H16BrClFNO/c1-3-21-16-14(17)7-12(18)8-15(16)20-9-11-6-13(19)5-4-10(11)2/h4-8,20H,3,9H2,1-2H3. The van der Waals surface area contributed by atoms with E-state index in [1.807, 2.05) is 13.8 Å². The average Bonchev–Trinajstić information content (AvgIpc) is 2.43. The second kappa shape index (κ2) is 7.14. The molecule has 5 heteroatoms. The molecule has 0 saturated heterocycles. The lowest BCUT2D eigenvalue weighted by Gasteiger charge is -2.15. The molecule has 0 atom stereocenters. The zero-order chi connectivity index (χ0) is 15.4. The van der Waals surface area contributed by atoms with Gasteiger partial charge in [-0.2, -0.15) is 0 Å². The summed E-state index contributed by atoms with van der Waals surface area (Å²) in [5.74, 6) is 0.464. The minimum atomic E-state index is -0.241. The zero-order valence-corrected chi connectivity index (χ0v) is 14.2. The minimum absolute atomic E-state index is 0.241. The topological polar surface area (TPSA) is 21.3 Å². The zero-order valence-electron chi connectivity index (χ0n) is 11.8. The fourth-order valence-electron chi connectivity index (χ4n) is 2.00. The number of hydrogen-bond acceptors (Lipinski definition) is 2. The van der Waals surface area contributed by atoms with E-state index < -0.39 is 0 Å². The van der Waals surface area contributed by atoms with Crippen molar-refractivity contribution in [2.75, 3.05) is 11.9 Å². The van der Waals surface area contributed by atoms with Crippen LogP contribution in [0.4, 0.5) is 10.1 Å². The Morgan fingerprint density at radius 1 is 1.29 bits per heavy atom. The van der Waals surface area contributed by atoms with Crippen LogP contribution >= 0.6 is 27.5 Å². The molecule has 1 N–H and O–H groups in total. The van der Waals surface area contributed by atoms with E-state index in [1.54, 1.807) is 18.2 Å². The summed E-state index contributed by atoms with van der Waals surface area (Å²) in [5, 5.41) is 3.86. The van der Waals surface area contributed by atoms with Crippen LogP contribution in [0, 0.1) is 12.7 Å². The Kier molecular flexibility index (Phi) is 5.48. The molecule has 0 unspecified atom stereocenters. The van der Waals surface area contributed by atoms with Crippen molar-refractivity contribution in [3.63, 3.8) is 0 Å². The van der Waals surface area contributed by atoms with Crippen molar-refractivity contribution in [3.8, 4) is 5.75 Å². The molecule has 2 aromatic rings. The number of hydrogen-bond donors (Lipinski definition) is 1. The highest BCUT2D eigenvalue weighted by atomic mass is 79.9. The summed E-state index contributed by atoms with van der Waals surface area (Å²) in [7, 11) is 0. The number of aryl methyl sites for hydroxylation is 1. The van der Waals surface area contributed by atoms with E-state index >= 15 is 0 Å². The van der Waals surface area contributed by atoms with Crippen LogP contribution in [0.15, 0.2) is 34.8 Å². The molecule has 0 aliphatic rings. The van der Waals surface area contributed by atoms with Crippen LogP contribution in [0.3, 0.4) is 0 Å². The molecule has 21 heavy (non-hydrogen) atoms. The Bertz CT molecular complexity index is 648. The van der Waals surface area contributed by atoms with E-state index in [2.05, 4.69) is 21.2 Å². The van der Waals surface area contributed by atoms with Crippen LogP contribution in [-0.4, -0.2) is 6.61 Å². The van der Waals surface area contributed by atoms with Gasteiger partial charge in [-0.1, -0.05) is 17.7 Å². The third kappa shape index (κ3) is 4.11. The summed E-state index contributed by atoms with van der Waals surface area (Å²) in [6.07, 6.45) is 0. The number of ether oxygens (including phenoxy) is 1. The molecule has 0 fully saturated rings. The number of anilines is 1. The summed E-state index contributed by atoms with van der Waals surface area (Å²) in [4.78, 5) is 0. The van der Waals surface area contributed by atoms with Gasteiger partial charge in [0.25, 0.3) is 0 Å². The smallest absolute Gasteiger partial charge is 0.156 e. The Morgan fingerprint density at radius 2 is 2.05 bits per heavy atom. The predicted octanol–water partition coefficient (Wildman–Crippen LogP) is 5.56. The Morgan fingerprint density at radius 3 is 2.76 bits per heavy atom. The summed E-state index contributed by atoms with van der Waals surface area (Å²) in [6, 6.07) is 8.34. The highest BCUT2D eigenvalue weighted by Crippen LogP contribution is 2.37. The van der Waals surface area contributed by atoms with Crippen molar-refractivity contribution >= 4 is 33.2 Å². The number of benzene rings is 2. The number of halogens is 3. The van der Waals surface area contributed by atoms with Gasteiger partial charge >= 0.3 is 0 Å². The van der Waals surface area contributed by atoms with Crippen molar-refractivity contribution < 1.29 is 9.13 Å². The highest BCUT2D eigenvalue weighted by molar-refractivity contribution is 9.10. The van der Waals surface area contributed by atoms with Crippen LogP contribution in [0.25, 0.3) is 0 Å². The first-order chi connectivity index (χ1) is 10.0. The minimum Gasteiger partial charge on any atom is -0.491 e. The third-order valence-electron chi connectivity index (χ3n) is 3.08. The molecule has 0 saturated carbocycles. The molecular formula is C16H16BrClFNO. The molecule has 0 bridgehead atoms. The quantitative estimate of drug-likeness (QED) is 0.742. The highest BCUT2D eigenvalue weighted by Gasteiger charge is 2.10.